The number of aliphatic carboxylic acids is 2. The molecule has 174 valence electrons. The first-order valence-electron chi connectivity index (χ1n) is 11.6. The van der Waals surface area contributed by atoms with Crippen LogP contribution in [-0.2, 0) is 27.8 Å². The summed E-state index contributed by atoms with van der Waals surface area (Å²) in [6.45, 7) is 4.49. The molecule has 0 saturated carbocycles. The summed E-state index contributed by atoms with van der Waals surface area (Å²) >= 11 is 0. The molecule has 0 atom stereocenters. The second kappa shape index (κ2) is 8.55. The van der Waals surface area contributed by atoms with Crippen LogP contribution in [0, 0.1) is 0 Å². The van der Waals surface area contributed by atoms with Crippen molar-refractivity contribution in [1.82, 2.24) is 0 Å². The molecule has 0 saturated heterocycles. The number of carboxylic acid groups (broad SMARTS) is 2. The predicted molar refractivity (Wildman–Crippen MR) is 138 cm³/mol. The van der Waals surface area contributed by atoms with Gasteiger partial charge in [0.1, 0.15) is 0 Å². The lowest BCUT2D eigenvalue weighted by molar-refractivity contribution is -0.137. The number of carboxylic acids is 2. The van der Waals surface area contributed by atoms with Crippen LogP contribution in [0.1, 0.15) is 36.1 Å². The standard InChI is InChI=1S/C31H26O4/c1-31(2)27-17-23(21-7-3-19(4-8-21)15-29(32)33)11-13-25(27)26-14-12-24(18-28(26)31)22-9-5-20(6-10-22)16-30(34)35/h3-14,17-18H,15-16H2,1-2H3,(H,32,33)(H,34,35). The van der Waals surface area contributed by atoms with Crippen molar-refractivity contribution in [2.45, 2.75) is 32.1 Å². The minimum Gasteiger partial charge on any atom is -0.481 e. The van der Waals surface area contributed by atoms with Crippen molar-refractivity contribution in [3.63, 3.8) is 0 Å². The maximum atomic E-state index is 11.0. The van der Waals surface area contributed by atoms with Gasteiger partial charge >= 0.3 is 11.9 Å². The maximum absolute atomic E-state index is 11.0. The number of benzene rings is 4. The van der Waals surface area contributed by atoms with Gasteiger partial charge in [0.05, 0.1) is 12.8 Å². The van der Waals surface area contributed by atoms with Crippen molar-refractivity contribution >= 4 is 11.9 Å². The van der Waals surface area contributed by atoms with Gasteiger partial charge in [-0.05, 0) is 67.8 Å². The Balaban J connectivity index is 1.48. The molecule has 0 bridgehead atoms. The average molecular weight is 463 g/mol. The molecule has 0 unspecified atom stereocenters. The molecule has 35 heavy (non-hydrogen) atoms. The zero-order chi connectivity index (χ0) is 24.7. The topological polar surface area (TPSA) is 74.6 Å². The Hall–Kier alpha value is -4.18. The highest BCUT2D eigenvalue weighted by molar-refractivity contribution is 5.86. The summed E-state index contributed by atoms with van der Waals surface area (Å²) in [5.41, 5.74) is 10.8. The molecule has 4 aromatic carbocycles. The predicted octanol–water partition coefficient (Wildman–Crippen LogP) is 6.58. The largest absolute Gasteiger partial charge is 0.481 e. The van der Waals surface area contributed by atoms with Crippen LogP contribution in [0.5, 0.6) is 0 Å². The minimum absolute atomic E-state index is 0.0252. The van der Waals surface area contributed by atoms with Crippen LogP contribution in [0.4, 0.5) is 0 Å². The number of rotatable bonds is 6. The van der Waals surface area contributed by atoms with Gasteiger partial charge in [-0.2, -0.15) is 0 Å². The fourth-order valence-corrected chi connectivity index (χ4v) is 5.08. The molecule has 1 aliphatic rings. The van der Waals surface area contributed by atoms with Crippen molar-refractivity contribution < 1.29 is 19.8 Å². The first-order chi connectivity index (χ1) is 16.7. The summed E-state index contributed by atoms with van der Waals surface area (Å²) in [6.07, 6.45) is 0.0505. The second-order valence-corrected chi connectivity index (χ2v) is 9.68. The first kappa shape index (κ1) is 22.6. The van der Waals surface area contributed by atoms with Gasteiger partial charge < -0.3 is 10.2 Å². The summed E-state index contributed by atoms with van der Waals surface area (Å²) in [4.78, 5) is 22.0. The Bertz CT molecular complexity index is 1330. The van der Waals surface area contributed by atoms with Crippen molar-refractivity contribution in [1.29, 1.82) is 0 Å². The molecule has 4 aromatic rings. The van der Waals surface area contributed by atoms with E-state index in [9.17, 15) is 9.59 Å². The van der Waals surface area contributed by atoms with Crippen LogP contribution in [0.15, 0.2) is 84.9 Å². The molecular weight excluding hydrogens is 436 g/mol. The molecule has 0 fully saturated rings. The Kier molecular flexibility index (Phi) is 5.52. The molecule has 0 spiro atoms. The van der Waals surface area contributed by atoms with Crippen molar-refractivity contribution in [3.8, 4) is 33.4 Å². The fraction of sp³-hybridized carbons (Fsp3) is 0.161. The van der Waals surface area contributed by atoms with E-state index < -0.39 is 11.9 Å². The third-order valence-corrected chi connectivity index (χ3v) is 6.96. The highest BCUT2D eigenvalue weighted by Crippen LogP contribution is 2.50. The lowest BCUT2D eigenvalue weighted by Gasteiger charge is -2.22. The van der Waals surface area contributed by atoms with Gasteiger partial charge in [0.2, 0.25) is 0 Å². The smallest absolute Gasteiger partial charge is 0.307 e. The monoisotopic (exact) mass is 462 g/mol. The van der Waals surface area contributed by atoms with Crippen molar-refractivity contribution in [2.24, 2.45) is 0 Å². The Morgan fingerprint density at radius 3 is 1.26 bits per heavy atom. The second-order valence-electron chi connectivity index (χ2n) is 9.68. The van der Waals surface area contributed by atoms with E-state index in [2.05, 4.69) is 50.2 Å². The molecule has 4 heteroatoms. The molecule has 0 aromatic heterocycles. The van der Waals surface area contributed by atoms with E-state index in [1.165, 1.54) is 22.3 Å². The summed E-state index contributed by atoms with van der Waals surface area (Å²) in [7, 11) is 0. The Morgan fingerprint density at radius 1 is 0.571 bits per heavy atom. The van der Waals surface area contributed by atoms with Gasteiger partial charge in [-0.25, -0.2) is 0 Å². The maximum Gasteiger partial charge on any atom is 0.307 e. The third-order valence-electron chi connectivity index (χ3n) is 6.96. The number of carbonyl (C=O) groups is 2. The normalized spacial score (nSPS) is 13.2. The quantitative estimate of drug-likeness (QED) is 0.339. The summed E-state index contributed by atoms with van der Waals surface area (Å²) in [5.74, 6) is -1.66. The van der Waals surface area contributed by atoms with Gasteiger partial charge in [-0.3, -0.25) is 9.59 Å². The molecule has 1 aliphatic carbocycles. The zero-order valence-electron chi connectivity index (χ0n) is 19.7. The highest BCUT2D eigenvalue weighted by Gasteiger charge is 2.35. The lowest BCUT2D eigenvalue weighted by atomic mass is 9.81. The molecule has 0 radical (unpaired) electrons. The number of hydrogen-bond donors (Lipinski definition) is 2. The summed E-state index contributed by atoms with van der Waals surface area (Å²) in [5, 5.41) is 18.0. The van der Waals surface area contributed by atoms with Gasteiger partial charge in [0.15, 0.2) is 0 Å². The van der Waals surface area contributed by atoms with Gasteiger partial charge in [0, 0.05) is 5.41 Å². The molecule has 0 heterocycles. The van der Waals surface area contributed by atoms with E-state index >= 15 is 0 Å². The van der Waals surface area contributed by atoms with E-state index in [4.69, 9.17) is 10.2 Å². The van der Waals surface area contributed by atoms with Crippen LogP contribution < -0.4 is 0 Å². The van der Waals surface area contributed by atoms with Crippen LogP contribution in [-0.4, -0.2) is 22.2 Å². The third kappa shape index (κ3) is 4.24. The summed E-state index contributed by atoms with van der Waals surface area (Å²) in [6, 6.07) is 28.6. The molecule has 0 aliphatic heterocycles. The average Bonchev–Trinajstić information content (AvgIpc) is 3.05. The highest BCUT2D eigenvalue weighted by atomic mass is 16.4. The molecule has 4 nitrogen and oxygen atoms in total. The van der Waals surface area contributed by atoms with E-state index in [1.807, 2.05) is 48.5 Å². The molecule has 0 amide bonds. The van der Waals surface area contributed by atoms with Gasteiger partial charge in [-0.15, -0.1) is 0 Å². The molecule has 2 N–H and O–H groups in total. The van der Waals surface area contributed by atoms with E-state index in [1.54, 1.807) is 0 Å². The van der Waals surface area contributed by atoms with E-state index in [-0.39, 0.29) is 18.3 Å². The van der Waals surface area contributed by atoms with Crippen molar-refractivity contribution in [3.05, 3.63) is 107 Å². The zero-order valence-corrected chi connectivity index (χ0v) is 19.7. The lowest BCUT2D eigenvalue weighted by Crippen LogP contribution is -2.15. The van der Waals surface area contributed by atoms with Gasteiger partial charge in [-0.1, -0.05) is 86.6 Å². The van der Waals surface area contributed by atoms with Crippen molar-refractivity contribution in [2.75, 3.05) is 0 Å². The van der Waals surface area contributed by atoms with Crippen LogP contribution in [0.25, 0.3) is 33.4 Å². The molecule has 5 rings (SSSR count). The Morgan fingerprint density at radius 2 is 0.914 bits per heavy atom. The van der Waals surface area contributed by atoms with Crippen LogP contribution in [0.3, 0.4) is 0 Å². The molecular formula is C31H26O4. The SMILES string of the molecule is CC1(C)c2cc(-c3ccc(CC(=O)O)cc3)ccc2-c2ccc(-c3ccc(CC(=O)O)cc3)cc21. The fourth-order valence-electron chi connectivity index (χ4n) is 5.08. The van der Waals surface area contributed by atoms with Crippen LogP contribution in [0.2, 0.25) is 0 Å². The Labute approximate surface area is 204 Å². The van der Waals surface area contributed by atoms with E-state index in [0.29, 0.717) is 0 Å². The first-order valence-corrected chi connectivity index (χ1v) is 11.6. The minimum atomic E-state index is -0.828. The van der Waals surface area contributed by atoms with Crippen LogP contribution >= 0.6 is 0 Å². The summed E-state index contributed by atoms with van der Waals surface area (Å²) < 4.78 is 0. The number of hydrogen-bond acceptors (Lipinski definition) is 2. The van der Waals surface area contributed by atoms with Gasteiger partial charge in [0.25, 0.3) is 0 Å². The van der Waals surface area contributed by atoms with E-state index in [0.717, 1.165) is 33.4 Å². The number of fused-ring (bicyclic) bond motifs is 3.